The van der Waals surface area contributed by atoms with E-state index in [1.54, 1.807) is 33.6 Å². The van der Waals surface area contributed by atoms with Crippen molar-refractivity contribution >= 4 is 23.6 Å². The van der Waals surface area contributed by atoms with Crippen molar-refractivity contribution in [3.63, 3.8) is 0 Å². The first-order valence-electron chi connectivity index (χ1n) is 7.77. The summed E-state index contributed by atoms with van der Waals surface area (Å²) in [6, 6.07) is 7.10. The zero-order chi connectivity index (χ0) is 17.1. The normalized spacial score (nSPS) is 17.7. The van der Waals surface area contributed by atoms with Gasteiger partial charge in [0.2, 0.25) is 0 Å². The summed E-state index contributed by atoms with van der Waals surface area (Å²) in [6.07, 6.45) is 3.55. The maximum atomic E-state index is 12.8. The molecule has 6 nitrogen and oxygen atoms in total. The van der Waals surface area contributed by atoms with Crippen LogP contribution >= 0.6 is 11.8 Å². The van der Waals surface area contributed by atoms with Crippen molar-refractivity contribution in [1.82, 2.24) is 14.7 Å². The number of nitrogens with zero attached hydrogens (tertiary/aromatic N) is 3. The number of benzene rings is 1. The lowest BCUT2D eigenvalue weighted by Gasteiger charge is -2.34. The molecule has 7 heteroatoms. The van der Waals surface area contributed by atoms with E-state index in [1.807, 2.05) is 31.3 Å². The highest BCUT2D eigenvalue weighted by molar-refractivity contribution is 7.99. The molecule has 2 aromatic rings. The molecule has 1 amide bonds. The molecule has 126 valence electrons. The fraction of sp³-hybridized carbons (Fsp3) is 0.353. The van der Waals surface area contributed by atoms with Crippen molar-refractivity contribution in [3.8, 4) is 5.69 Å². The molecule has 0 radical (unpaired) electrons. The van der Waals surface area contributed by atoms with Gasteiger partial charge in [0.15, 0.2) is 0 Å². The summed E-state index contributed by atoms with van der Waals surface area (Å²) in [6.45, 7) is 2.52. The van der Waals surface area contributed by atoms with Gasteiger partial charge in [-0.05, 0) is 36.8 Å². The maximum Gasteiger partial charge on any atom is 0.305 e. The molecule has 24 heavy (non-hydrogen) atoms. The predicted molar refractivity (Wildman–Crippen MR) is 92.7 cm³/mol. The van der Waals surface area contributed by atoms with Crippen molar-refractivity contribution in [2.45, 2.75) is 19.4 Å². The Hall–Kier alpha value is -2.28. The first-order valence-corrected chi connectivity index (χ1v) is 8.93. The van der Waals surface area contributed by atoms with E-state index < -0.39 is 5.97 Å². The number of amides is 1. The number of thioether (sulfide) groups is 1. The number of aliphatic carboxylic acids is 1. The molecular formula is C17H19N3O3S. The van der Waals surface area contributed by atoms with Gasteiger partial charge in [-0.1, -0.05) is 0 Å². The third-order valence-electron chi connectivity index (χ3n) is 4.09. The van der Waals surface area contributed by atoms with E-state index in [9.17, 15) is 9.59 Å². The van der Waals surface area contributed by atoms with Crippen LogP contribution in [0.15, 0.2) is 36.7 Å². The molecule has 3 rings (SSSR count). The van der Waals surface area contributed by atoms with Crippen LogP contribution in [-0.2, 0) is 4.79 Å². The molecule has 1 aromatic heterocycles. The predicted octanol–water partition coefficient (Wildman–Crippen LogP) is 2.21. The van der Waals surface area contributed by atoms with Gasteiger partial charge in [0.05, 0.1) is 18.2 Å². The second kappa shape index (κ2) is 7.09. The molecule has 1 aromatic carbocycles. The topological polar surface area (TPSA) is 75.4 Å². The zero-order valence-corrected chi connectivity index (χ0v) is 14.2. The van der Waals surface area contributed by atoms with Crippen LogP contribution in [0.4, 0.5) is 0 Å². The molecule has 1 N–H and O–H groups in total. The summed E-state index contributed by atoms with van der Waals surface area (Å²) >= 11 is 1.70. The van der Waals surface area contributed by atoms with Crippen molar-refractivity contribution in [3.05, 3.63) is 47.8 Å². The van der Waals surface area contributed by atoms with Crippen LogP contribution < -0.4 is 0 Å². The van der Waals surface area contributed by atoms with Crippen molar-refractivity contribution < 1.29 is 14.7 Å². The minimum absolute atomic E-state index is 0.0108. The summed E-state index contributed by atoms with van der Waals surface area (Å²) in [5.41, 5.74) is 2.46. The van der Waals surface area contributed by atoms with E-state index in [2.05, 4.69) is 5.10 Å². The smallest absolute Gasteiger partial charge is 0.305 e. The summed E-state index contributed by atoms with van der Waals surface area (Å²) in [5.74, 6) is 0.538. The minimum Gasteiger partial charge on any atom is -0.481 e. The maximum absolute atomic E-state index is 12.8. The second-order valence-electron chi connectivity index (χ2n) is 5.78. The van der Waals surface area contributed by atoms with Crippen LogP contribution in [0.1, 0.15) is 22.3 Å². The Labute approximate surface area is 144 Å². The number of aromatic nitrogens is 2. The van der Waals surface area contributed by atoms with Gasteiger partial charge in [-0.3, -0.25) is 9.59 Å². The number of hydrogen-bond acceptors (Lipinski definition) is 4. The summed E-state index contributed by atoms with van der Waals surface area (Å²) in [7, 11) is 0. The number of rotatable bonds is 4. The number of carbonyl (C=O) groups excluding carboxylic acids is 1. The lowest BCUT2D eigenvalue weighted by Crippen LogP contribution is -2.47. The molecule has 0 bridgehead atoms. The summed E-state index contributed by atoms with van der Waals surface area (Å²) < 4.78 is 1.76. The van der Waals surface area contributed by atoms with Crippen molar-refractivity contribution in [1.29, 1.82) is 0 Å². The Morgan fingerprint density at radius 1 is 1.42 bits per heavy atom. The molecule has 1 saturated heterocycles. The molecule has 0 spiro atoms. The molecule has 1 unspecified atom stereocenters. The highest BCUT2D eigenvalue weighted by atomic mass is 32.2. The average molecular weight is 345 g/mol. The van der Waals surface area contributed by atoms with Gasteiger partial charge >= 0.3 is 5.97 Å². The molecule has 0 saturated carbocycles. The number of hydrogen-bond donors (Lipinski definition) is 1. The second-order valence-corrected chi connectivity index (χ2v) is 6.93. The Kier molecular flexibility index (Phi) is 4.89. The van der Waals surface area contributed by atoms with Crippen LogP contribution in [0.2, 0.25) is 0 Å². The van der Waals surface area contributed by atoms with Crippen LogP contribution in [0.5, 0.6) is 0 Å². The number of carbonyl (C=O) groups is 2. The molecule has 1 aliphatic heterocycles. The van der Waals surface area contributed by atoms with E-state index in [4.69, 9.17) is 5.11 Å². The lowest BCUT2D eigenvalue weighted by molar-refractivity contribution is -0.138. The van der Waals surface area contributed by atoms with Crippen LogP contribution in [0.25, 0.3) is 5.69 Å². The van der Waals surface area contributed by atoms with Crippen molar-refractivity contribution in [2.75, 3.05) is 18.1 Å². The number of carboxylic acid groups (broad SMARTS) is 1. The fourth-order valence-electron chi connectivity index (χ4n) is 2.92. The van der Waals surface area contributed by atoms with E-state index >= 15 is 0 Å². The van der Waals surface area contributed by atoms with Gasteiger partial charge < -0.3 is 10.0 Å². The van der Waals surface area contributed by atoms with Crippen LogP contribution in [0.3, 0.4) is 0 Å². The van der Waals surface area contributed by atoms with Gasteiger partial charge in [-0.25, -0.2) is 4.68 Å². The Bertz CT molecular complexity index is 746. The fourth-order valence-corrected chi connectivity index (χ4v) is 3.98. The zero-order valence-electron chi connectivity index (χ0n) is 13.4. The van der Waals surface area contributed by atoms with Gasteiger partial charge in [-0.15, -0.1) is 0 Å². The van der Waals surface area contributed by atoms with Crippen LogP contribution in [-0.4, -0.2) is 55.8 Å². The third kappa shape index (κ3) is 3.46. The monoisotopic (exact) mass is 345 g/mol. The van der Waals surface area contributed by atoms with Crippen molar-refractivity contribution in [2.24, 2.45) is 0 Å². The van der Waals surface area contributed by atoms with E-state index in [-0.39, 0.29) is 18.4 Å². The Morgan fingerprint density at radius 3 is 2.92 bits per heavy atom. The Balaban J connectivity index is 1.83. The molecule has 1 atom stereocenters. The van der Waals surface area contributed by atoms with E-state index in [0.717, 1.165) is 17.0 Å². The molecule has 1 fully saturated rings. The standard InChI is InChI=1S/C17H19N3O3S/c1-12-9-13(3-4-15(12)20-6-2-5-18-20)17(23)19-7-8-24-11-14(19)10-16(21)22/h2-6,9,14H,7-8,10-11H2,1H3,(H,21,22). The number of carboxylic acids is 1. The highest BCUT2D eigenvalue weighted by Crippen LogP contribution is 2.23. The van der Waals surface area contributed by atoms with Gasteiger partial charge in [0.1, 0.15) is 0 Å². The SMILES string of the molecule is Cc1cc(C(=O)N2CCSCC2CC(=O)O)ccc1-n1cccn1. The molecule has 2 heterocycles. The molecule has 0 aliphatic carbocycles. The summed E-state index contributed by atoms with van der Waals surface area (Å²) in [4.78, 5) is 25.6. The van der Waals surface area contributed by atoms with E-state index in [1.165, 1.54) is 0 Å². The van der Waals surface area contributed by atoms with Gasteiger partial charge in [0.25, 0.3) is 5.91 Å². The average Bonchev–Trinajstić information content (AvgIpc) is 3.08. The van der Waals surface area contributed by atoms with Crippen LogP contribution in [0, 0.1) is 6.92 Å². The van der Waals surface area contributed by atoms with Gasteiger partial charge in [0, 0.05) is 36.0 Å². The third-order valence-corrected chi connectivity index (χ3v) is 5.19. The van der Waals surface area contributed by atoms with E-state index in [0.29, 0.717) is 17.9 Å². The first-order chi connectivity index (χ1) is 11.6. The Morgan fingerprint density at radius 2 is 2.25 bits per heavy atom. The quantitative estimate of drug-likeness (QED) is 0.919. The molecule has 1 aliphatic rings. The minimum atomic E-state index is -0.870. The lowest BCUT2D eigenvalue weighted by atomic mass is 10.1. The largest absolute Gasteiger partial charge is 0.481 e. The number of aryl methyl sites for hydroxylation is 1. The highest BCUT2D eigenvalue weighted by Gasteiger charge is 2.29. The first kappa shape index (κ1) is 16.6. The van der Waals surface area contributed by atoms with Gasteiger partial charge in [-0.2, -0.15) is 16.9 Å². The molecular weight excluding hydrogens is 326 g/mol. The summed E-state index contributed by atoms with van der Waals surface area (Å²) in [5, 5.41) is 13.3.